The third-order valence-electron chi connectivity index (χ3n) is 4.00. The van der Waals surface area contributed by atoms with Crippen molar-refractivity contribution in [3.05, 3.63) is 29.8 Å². The van der Waals surface area contributed by atoms with Crippen molar-refractivity contribution >= 4 is 10.0 Å². The summed E-state index contributed by atoms with van der Waals surface area (Å²) in [5, 5.41) is 8.83. The molecule has 0 atom stereocenters. The molecule has 1 aliphatic rings. The minimum absolute atomic E-state index is 0.161. The maximum atomic E-state index is 12.7. The summed E-state index contributed by atoms with van der Waals surface area (Å²) in [6, 6.07) is 7.10. The van der Waals surface area contributed by atoms with Crippen LogP contribution in [0.4, 0.5) is 0 Å². The fourth-order valence-corrected chi connectivity index (χ4v) is 4.24. The van der Waals surface area contributed by atoms with E-state index in [-0.39, 0.29) is 6.61 Å². The standard InChI is InChI=1S/C16H25NO3S/c18-14-6-7-15-8-10-16(11-9-15)21(19,20)17-12-4-2-1-3-5-13-17/h8-11,18H,1-7,12-14H2. The Balaban J connectivity index is 2.10. The van der Waals surface area contributed by atoms with Gasteiger partial charge in [-0.2, -0.15) is 4.31 Å². The molecule has 1 N–H and O–H groups in total. The van der Waals surface area contributed by atoms with Gasteiger partial charge in [0.05, 0.1) is 4.90 Å². The largest absolute Gasteiger partial charge is 0.396 e. The van der Waals surface area contributed by atoms with Gasteiger partial charge in [0.1, 0.15) is 0 Å². The van der Waals surface area contributed by atoms with Crippen LogP contribution < -0.4 is 0 Å². The van der Waals surface area contributed by atoms with Crippen LogP contribution in [0.2, 0.25) is 0 Å². The van der Waals surface area contributed by atoms with Gasteiger partial charge in [-0.05, 0) is 43.4 Å². The Labute approximate surface area is 127 Å². The fourth-order valence-electron chi connectivity index (χ4n) is 2.72. The summed E-state index contributed by atoms with van der Waals surface area (Å²) in [7, 11) is -3.35. The molecule has 1 fully saturated rings. The van der Waals surface area contributed by atoms with Crippen LogP contribution in [-0.2, 0) is 16.4 Å². The van der Waals surface area contributed by atoms with E-state index in [1.807, 2.05) is 12.1 Å². The zero-order valence-electron chi connectivity index (χ0n) is 12.5. The van der Waals surface area contributed by atoms with Gasteiger partial charge < -0.3 is 5.11 Å². The first-order valence-electron chi connectivity index (χ1n) is 7.84. The lowest BCUT2D eigenvalue weighted by Crippen LogP contribution is -2.33. The zero-order valence-corrected chi connectivity index (χ0v) is 13.3. The summed E-state index contributed by atoms with van der Waals surface area (Å²) >= 11 is 0. The van der Waals surface area contributed by atoms with Gasteiger partial charge in [0.15, 0.2) is 0 Å². The van der Waals surface area contributed by atoms with Crippen molar-refractivity contribution in [2.75, 3.05) is 19.7 Å². The van der Waals surface area contributed by atoms with E-state index >= 15 is 0 Å². The number of nitrogens with zero attached hydrogens (tertiary/aromatic N) is 1. The summed E-state index contributed by atoms with van der Waals surface area (Å²) in [6.45, 7) is 1.43. The molecule has 1 aromatic rings. The molecule has 5 heteroatoms. The van der Waals surface area contributed by atoms with Crippen molar-refractivity contribution in [3.63, 3.8) is 0 Å². The molecule has 1 aliphatic heterocycles. The second-order valence-electron chi connectivity index (χ2n) is 5.64. The van der Waals surface area contributed by atoms with Crippen LogP contribution in [0.25, 0.3) is 0 Å². The molecule has 0 radical (unpaired) electrons. The summed E-state index contributed by atoms with van der Waals surface area (Å²) in [5.74, 6) is 0. The highest BCUT2D eigenvalue weighted by atomic mass is 32.2. The molecule has 0 aliphatic carbocycles. The molecule has 118 valence electrons. The third-order valence-corrected chi connectivity index (χ3v) is 5.91. The predicted octanol–water partition coefficient (Wildman–Crippen LogP) is 2.57. The van der Waals surface area contributed by atoms with Crippen molar-refractivity contribution in [2.24, 2.45) is 0 Å². The van der Waals surface area contributed by atoms with E-state index in [9.17, 15) is 8.42 Å². The Morgan fingerprint density at radius 3 is 2.10 bits per heavy atom. The van der Waals surface area contributed by atoms with Crippen molar-refractivity contribution < 1.29 is 13.5 Å². The van der Waals surface area contributed by atoms with Crippen LogP contribution in [0.5, 0.6) is 0 Å². The van der Waals surface area contributed by atoms with Crippen LogP contribution in [-0.4, -0.2) is 37.5 Å². The van der Waals surface area contributed by atoms with Crippen LogP contribution in [0.3, 0.4) is 0 Å². The molecular formula is C16H25NO3S. The maximum Gasteiger partial charge on any atom is 0.243 e. The lowest BCUT2D eigenvalue weighted by atomic mass is 10.1. The van der Waals surface area contributed by atoms with Gasteiger partial charge in [-0.1, -0.05) is 31.4 Å². The number of hydrogen-bond donors (Lipinski definition) is 1. The molecule has 4 nitrogen and oxygen atoms in total. The van der Waals surface area contributed by atoms with Gasteiger partial charge in [-0.25, -0.2) is 8.42 Å². The Morgan fingerprint density at radius 1 is 0.952 bits per heavy atom. The van der Waals surface area contributed by atoms with Crippen molar-refractivity contribution in [3.8, 4) is 0 Å². The van der Waals surface area contributed by atoms with Crippen molar-refractivity contribution in [1.29, 1.82) is 0 Å². The highest BCUT2D eigenvalue weighted by molar-refractivity contribution is 7.89. The molecule has 0 amide bonds. The van der Waals surface area contributed by atoms with E-state index in [1.165, 1.54) is 6.42 Å². The first kappa shape index (κ1) is 16.5. The topological polar surface area (TPSA) is 57.6 Å². The monoisotopic (exact) mass is 311 g/mol. The number of hydrogen-bond acceptors (Lipinski definition) is 3. The number of aliphatic hydroxyl groups is 1. The summed E-state index contributed by atoms with van der Waals surface area (Å²) < 4.78 is 27.0. The summed E-state index contributed by atoms with van der Waals surface area (Å²) in [5.41, 5.74) is 1.07. The fraction of sp³-hybridized carbons (Fsp3) is 0.625. The normalized spacial score (nSPS) is 18.1. The Kier molecular flexibility index (Phi) is 6.21. The number of benzene rings is 1. The highest BCUT2D eigenvalue weighted by Crippen LogP contribution is 2.20. The van der Waals surface area contributed by atoms with E-state index in [0.29, 0.717) is 24.4 Å². The minimum Gasteiger partial charge on any atom is -0.396 e. The van der Waals surface area contributed by atoms with E-state index in [4.69, 9.17) is 5.11 Å². The van der Waals surface area contributed by atoms with Gasteiger partial charge in [-0.15, -0.1) is 0 Å². The van der Waals surface area contributed by atoms with Crippen LogP contribution in [0.15, 0.2) is 29.2 Å². The molecule has 0 bridgehead atoms. The Hall–Kier alpha value is -0.910. The summed E-state index contributed by atoms with van der Waals surface area (Å²) in [4.78, 5) is 0.385. The maximum absolute atomic E-state index is 12.7. The van der Waals surface area contributed by atoms with E-state index in [1.54, 1.807) is 16.4 Å². The van der Waals surface area contributed by atoms with Gasteiger partial charge >= 0.3 is 0 Å². The second kappa shape index (κ2) is 7.92. The van der Waals surface area contributed by atoms with Gasteiger partial charge in [0.25, 0.3) is 0 Å². The Bertz CT molecular complexity index is 517. The Morgan fingerprint density at radius 2 is 1.52 bits per heavy atom. The van der Waals surface area contributed by atoms with Crippen LogP contribution >= 0.6 is 0 Å². The first-order valence-corrected chi connectivity index (χ1v) is 9.28. The average molecular weight is 311 g/mol. The molecule has 1 heterocycles. The highest BCUT2D eigenvalue weighted by Gasteiger charge is 2.24. The van der Waals surface area contributed by atoms with E-state index < -0.39 is 10.0 Å². The third kappa shape index (κ3) is 4.53. The lowest BCUT2D eigenvalue weighted by molar-refractivity contribution is 0.288. The number of aryl methyl sites for hydroxylation is 1. The van der Waals surface area contributed by atoms with Gasteiger partial charge in [-0.3, -0.25) is 0 Å². The molecule has 0 aromatic heterocycles. The molecule has 2 rings (SSSR count). The van der Waals surface area contributed by atoms with Crippen LogP contribution in [0.1, 0.15) is 44.1 Å². The molecular weight excluding hydrogens is 286 g/mol. The second-order valence-corrected chi connectivity index (χ2v) is 7.58. The number of sulfonamides is 1. The minimum atomic E-state index is -3.35. The number of rotatable bonds is 5. The lowest BCUT2D eigenvalue weighted by Gasteiger charge is -2.24. The molecule has 21 heavy (non-hydrogen) atoms. The van der Waals surface area contributed by atoms with Crippen LogP contribution in [0, 0.1) is 0 Å². The molecule has 0 saturated carbocycles. The number of aliphatic hydroxyl groups excluding tert-OH is 1. The van der Waals surface area contributed by atoms with Crippen molar-refractivity contribution in [2.45, 2.75) is 49.8 Å². The first-order chi connectivity index (χ1) is 10.1. The quantitative estimate of drug-likeness (QED) is 0.909. The smallest absolute Gasteiger partial charge is 0.243 e. The molecule has 0 unspecified atom stereocenters. The summed E-state index contributed by atoms with van der Waals surface area (Å²) in [6.07, 6.45) is 6.84. The van der Waals surface area contributed by atoms with Crippen molar-refractivity contribution in [1.82, 2.24) is 4.31 Å². The zero-order chi connectivity index (χ0) is 15.1. The molecule has 1 aromatic carbocycles. The molecule has 0 spiro atoms. The van der Waals surface area contributed by atoms with Gasteiger partial charge in [0, 0.05) is 19.7 Å². The predicted molar refractivity (Wildman–Crippen MR) is 83.7 cm³/mol. The average Bonchev–Trinajstić information content (AvgIpc) is 2.45. The van der Waals surface area contributed by atoms with E-state index in [2.05, 4.69) is 0 Å². The SMILES string of the molecule is O=S(=O)(c1ccc(CCCO)cc1)N1CCCCCCC1. The van der Waals surface area contributed by atoms with E-state index in [0.717, 1.165) is 37.7 Å². The molecule has 1 saturated heterocycles. The van der Waals surface area contributed by atoms with Gasteiger partial charge in [0.2, 0.25) is 10.0 Å².